The molecule has 2 heteroatoms. The lowest BCUT2D eigenvalue weighted by Crippen LogP contribution is -2.31. The topological polar surface area (TPSA) is 24.1 Å². The first-order chi connectivity index (χ1) is 7.77. The zero-order valence-electron chi connectivity index (χ0n) is 10.3. The van der Waals surface area contributed by atoms with Gasteiger partial charge < -0.3 is 10.6 Å². The Morgan fingerprint density at radius 2 is 2.00 bits per heavy atom. The molecule has 1 aliphatic rings. The molecular formula is C14H22N2. The van der Waals surface area contributed by atoms with Crippen LogP contribution >= 0.6 is 0 Å². The largest absolute Gasteiger partial charge is 0.385 e. The van der Waals surface area contributed by atoms with E-state index in [1.165, 1.54) is 42.7 Å². The molecule has 0 bridgehead atoms. The van der Waals surface area contributed by atoms with Crippen molar-refractivity contribution < 1.29 is 0 Å². The fourth-order valence-electron chi connectivity index (χ4n) is 2.28. The molecule has 0 aliphatic carbocycles. The second kappa shape index (κ2) is 5.35. The molecule has 0 saturated carbocycles. The molecule has 1 aromatic rings. The SMILES string of the molecule is Cc1cccc(NCC2CCNCC2)c1C. The van der Waals surface area contributed by atoms with E-state index in [0.717, 1.165) is 12.5 Å². The number of nitrogens with one attached hydrogen (secondary N) is 2. The lowest BCUT2D eigenvalue weighted by molar-refractivity contribution is 0.390. The summed E-state index contributed by atoms with van der Waals surface area (Å²) in [6.07, 6.45) is 2.61. The molecule has 0 spiro atoms. The lowest BCUT2D eigenvalue weighted by Gasteiger charge is -2.23. The van der Waals surface area contributed by atoms with Crippen LogP contribution in [0, 0.1) is 19.8 Å². The third kappa shape index (κ3) is 2.76. The molecule has 88 valence electrons. The molecule has 0 amide bonds. The molecule has 0 aromatic heterocycles. The van der Waals surface area contributed by atoms with Crippen molar-refractivity contribution in [1.29, 1.82) is 0 Å². The molecule has 0 unspecified atom stereocenters. The third-order valence-corrected chi connectivity index (χ3v) is 3.64. The van der Waals surface area contributed by atoms with Gasteiger partial charge in [-0.15, -0.1) is 0 Å². The van der Waals surface area contributed by atoms with Gasteiger partial charge in [-0.05, 0) is 62.9 Å². The van der Waals surface area contributed by atoms with Gasteiger partial charge >= 0.3 is 0 Å². The van der Waals surface area contributed by atoms with E-state index in [1.54, 1.807) is 0 Å². The van der Waals surface area contributed by atoms with Gasteiger partial charge in [0.05, 0.1) is 0 Å². The summed E-state index contributed by atoms with van der Waals surface area (Å²) in [7, 11) is 0. The second-order valence-corrected chi connectivity index (χ2v) is 4.82. The molecule has 0 radical (unpaired) electrons. The first-order valence-electron chi connectivity index (χ1n) is 6.28. The van der Waals surface area contributed by atoms with Crippen molar-refractivity contribution >= 4 is 5.69 Å². The van der Waals surface area contributed by atoms with E-state index in [0.29, 0.717) is 0 Å². The molecule has 16 heavy (non-hydrogen) atoms. The Morgan fingerprint density at radius 3 is 2.75 bits per heavy atom. The highest BCUT2D eigenvalue weighted by atomic mass is 14.9. The van der Waals surface area contributed by atoms with Crippen molar-refractivity contribution in [3.05, 3.63) is 29.3 Å². The van der Waals surface area contributed by atoms with Crippen LogP contribution in [0.3, 0.4) is 0 Å². The zero-order chi connectivity index (χ0) is 11.4. The maximum atomic E-state index is 3.60. The van der Waals surface area contributed by atoms with Gasteiger partial charge in [0.25, 0.3) is 0 Å². The van der Waals surface area contributed by atoms with Gasteiger partial charge in [0.15, 0.2) is 0 Å². The summed E-state index contributed by atoms with van der Waals surface area (Å²) >= 11 is 0. The molecule has 1 aromatic carbocycles. The van der Waals surface area contributed by atoms with E-state index in [4.69, 9.17) is 0 Å². The fourth-order valence-corrected chi connectivity index (χ4v) is 2.28. The standard InChI is InChI=1S/C14H22N2/c1-11-4-3-5-14(12(11)2)16-10-13-6-8-15-9-7-13/h3-5,13,15-16H,6-10H2,1-2H3. The number of benzene rings is 1. The molecule has 1 heterocycles. The van der Waals surface area contributed by atoms with Crippen LogP contribution in [0.15, 0.2) is 18.2 Å². The normalized spacial score (nSPS) is 17.4. The fraction of sp³-hybridized carbons (Fsp3) is 0.571. The molecular weight excluding hydrogens is 196 g/mol. The number of hydrogen-bond acceptors (Lipinski definition) is 2. The van der Waals surface area contributed by atoms with Gasteiger partial charge in [-0.1, -0.05) is 12.1 Å². The Hall–Kier alpha value is -1.02. The van der Waals surface area contributed by atoms with E-state index in [2.05, 4.69) is 42.7 Å². The summed E-state index contributed by atoms with van der Waals surface area (Å²) in [4.78, 5) is 0. The monoisotopic (exact) mass is 218 g/mol. The maximum absolute atomic E-state index is 3.60. The van der Waals surface area contributed by atoms with Crippen LogP contribution in [0.2, 0.25) is 0 Å². The second-order valence-electron chi connectivity index (χ2n) is 4.82. The summed E-state index contributed by atoms with van der Waals surface area (Å²) in [5.41, 5.74) is 4.06. The summed E-state index contributed by atoms with van der Waals surface area (Å²) < 4.78 is 0. The predicted molar refractivity (Wildman–Crippen MR) is 70.0 cm³/mol. The van der Waals surface area contributed by atoms with Gasteiger partial charge in [0, 0.05) is 12.2 Å². The molecule has 2 N–H and O–H groups in total. The van der Waals surface area contributed by atoms with Crippen LogP contribution in [0.1, 0.15) is 24.0 Å². The van der Waals surface area contributed by atoms with Crippen molar-refractivity contribution in [2.24, 2.45) is 5.92 Å². The van der Waals surface area contributed by atoms with E-state index in [1.807, 2.05) is 0 Å². The average molecular weight is 218 g/mol. The Labute approximate surface area is 98.4 Å². The van der Waals surface area contributed by atoms with Crippen molar-refractivity contribution in [3.63, 3.8) is 0 Å². The van der Waals surface area contributed by atoms with Crippen LogP contribution in [0.5, 0.6) is 0 Å². The van der Waals surface area contributed by atoms with Gasteiger partial charge in [-0.25, -0.2) is 0 Å². The minimum atomic E-state index is 0.834. The third-order valence-electron chi connectivity index (χ3n) is 3.64. The predicted octanol–water partition coefficient (Wildman–Crippen LogP) is 2.71. The first kappa shape index (κ1) is 11.5. The highest BCUT2D eigenvalue weighted by Crippen LogP contribution is 2.19. The van der Waals surface area contributed by atoms with Crippen LogP contribution in [-0.2, 0) is 0 Å². The van der Waals surface area contributed by atoms with Crippen molar-refractivity contribution in [2.45, 2.75) is 26.7 Å². The molecule has 1 aliphatic heterocycles. The van der Waals surface area contributed by atoms with Crippen LogP contribution in [0.25, 0.3) is 0 Å². The summed E-state index contributed by atoms with van der Waals surface area (Å²) in [5, 5.41) is 7.00. The van der Waals surface area contributed by atoms with E-state index < -0.39 is 0 Å². The van der Waals surface area contributed by atoms with Crippen LogP contribution < -0.4 is 10.6 Å². The highest BCUT2D eigenvalue weighted by molar-refractivity contribution is 5.53. The number of aryl methyl sites for hydroxylation is 1. The number of hydrogen-bond donors (Lipinski definition) is 2. The quantitative estimate of drug-likeness (QED) is 0.815. The van der Waals surface area contributed by atoms with Gasteiger partial charge in [-0.3, -0.25) is 0 Å². The zero-order valence-corrected chi connectivity index (χ0v) is 10.3. The summed E-state index contributed by atoms with van der Waals surface area (Å²) in [5.74, 6) is 0.834. The van der Waals surface area contributed by atoms with Crippen LogP contribution in [0.4, 0.5) is 5.69 Å². The number of rotatable bonds is 3. The van der Waals surface area contributed by atoms with Crippen molar-refractivity contribution in [3.8, 4) is 0 Å². The van der Waals surface area contributed by atoms with Crippen molar-refractivity contribution in [1.82, 2.24) is 5.32 Å². The number of anilines is 1. The van der Waals surface area contributed by atoms with Gasteiger partial charge in [0.2, 0.25) is 0 Å². The van der Waals surface area contributed by atoms with Crippen molar-refractivity contribution in [2.75, 3.05) is 25.0 Å². The molecule has 1 fully saturated rings. The summed E-state index contributed by atoms with van der Waals surface area (Å²) in [6, 6.07) is 6.49. The highest BCUT2D eigenvalue weighted by Gasteiger charge is 2.12. The Morgan fingerprint density at radius 1 is 1.25 bits per heavy atom. The Balaban J connectivity index is 1.91. The molecule has 2 rings (SSSR count). The summed E-state index contributed by atoms with van der Waals surface area (Å²) in [6.45, 7) is 7.84. The Kier molecular flexibility index (Phi) is 3.83. The van der Waals surface area contributed by atoms with Gasteiger partial charge in [0.1, 0.15) is 0 Å². The Bertz CT molecular complexity index is 341. The van der Waals surface area contributed by atoms with E-state index in [-0.39, 0.29) is 0 Å². The minimum Gasteiger partial charge on any atom is -0.385 e. The molecule has 2 nitrogen and oxygen atoms in total. The van der Waals surface area contributed by atoms with Gasteiger partial charge in [-0.2, -0.15) is 0 Å². The van der Waals surface area contributed by atoms with Crippen LogP contribution in [-0.4, -0.2) is 19.6 Å². The molecule has 0 atom stereocenters. The minimum absolute atomic E-state index is 0.834. The van der Waals surface area contributed by atoms with E-state index >= 15 is 0 Å². The lowest BCUT2D eigenvalue weighted by atomic mass is 9.98. The van der Waals surface area contributed by atoms with E-state index in [9.17, 15) is 0 Å². The molecule has 1 saturated heterocycles. The number of piperidine rings is 1. The maximum Gasteiger partial charge on any atom is 0.0372 e. The first-order valence-corrected chi connectivity index (χ1v) is 6.28. The smallest absolute Gasteiger partial charge is 0.0372 e. The average Bonchev–Trinajstić information content (AvgIpc) is 2.32.